The lowest BCUT2D eigenvalue weighted by Gasteiger charge is -2.28. The highest BCUT2D eigenvalue weighted by molar-refractivity contribution is 5.95. The Kier molecular flexibility index (Phi) is 6.28. The van der Waals surface area contributed by atoms with E-state index in [1.807, 2.05) is 0 Å². The molecule has 1 amide bonds. The Bertz CT molecular complexity index is 620. The predicted octanol–water partition coefficient (Wildman–Crippen LogP) is 3.25. The van der Waals surface area contributed by atoms with E-state index < -0.39 is 11.5 Å². The fourth-order valence-corrected chi connectivity index (χ4v) is 3.18. The summed E-state index contributed by atoms with van der Waals surface area (Å²) in [5, 5.41) is 12.1. The quantitative estimate of drug-likeness (QED) is 0.752. The Labute approximate surface area is 148 Å². The van der Waals surface area contributed by atoms with Crippen molar-refractivity contribution in [1.29, 1.82) is 0 Å². The van der Waals surface area contributed by atoms with Crippen molar-refractivity contribution in [3.63, 3.8) is 0 Å². The van der Waals surface area contributed by atoms with Crippen LogP contribution in [0.1, 0.15) is 56.3 Å². The molecule has 1 aromatic rings. The van der Waals surface area contributed by atoms with Gasteiger partial charge in [-0.05, 0) is 37.0 Å². The van der Waals surface area contributed by atoms with Crippen LogP contribution in [-0.2, 0) is 4.79 Å². The van der Waals surface area contributed by atoms with Gasteiger partial charge in [-0.1, -0.05) is 26.7 Å². The molecule has 0 atom stereocenters. The molecule has 0 saturated heterocycles. The molecule has 6 nitrogen and oxygen atoms in total. The summed E-state index contributed by atoms with van der Waals surface area (Å²) in [6, 6.07) is 5.03. The van der Waals surface area contributed by atoms with Gasteiger partial charge in [-0.25, -0.2) is 0 Å². The van der Waals surface area contributed by atoms with Crippen LogP contribution in [0.2, 0.25) is 0 Å². The zero-order chi connectivity index (χ0) is 18.4. The van der Waals surface area contributed by atoms with Crippen molar-refractivity contribution < 1.29 is 24.2 Å². The number of carbonyl (C=O) groups excluding carboxylic acids is 1. The van der Waals surface area contributed by atoms with E-state index in [2.05, 4.69) is 19.2 Å². The van der Waals surface area contributed by atoms with E-state index >= 15 is 0 Å². The van der Waals surface area contributed by atoms with Gasteiger partial charge in [0.25, 0.3) is 5.91 Å². The first-order valence-electron chi connectivity index (χ1n) is 8.70. The van der Waals surface area contributed by atoms with Crippen molar-refractivity contribution in [3.05, 3.63) is 23.8 Å². The maximum Gasteiger partial charge on any atom is 0.305 e. The predicted molar refractivity (Wildman–Crippen MR) is 94.2 cm³/mol. The fraction of sp³-hybridized carbons (Fsp3) is 0.579. The first-order valence-corrected chi connectivity index (χ1v) is 8.70. The molecule has 0 radical (unpaired) electrons. The third-order valence-corrected chi connectivity index (χ3v) is 4.43. The molecule has 0 unspecified atom stereocenters. The van der Waals surface area contributed by atoms with Gasteiger partial charge in [0.05, 0.1) is 25.7 Å². The van der Waals surface area contributed by atoms with Crippen molar-refractivity contribution in [2.45, 2.75) is 51.5 Å². The minimum Gasteiger partial charge on any atom is -0.493 e. The normalized spacial score (nSPS) is 15.8. The third-order valence-electron chi connectivity index (χ3n) is 4.43. The molecular formula is C19H27NO5. The number of hydrogen-bond donors (Lipinski definition) is 2. The molecule has 1 aliphatic rings. The van der Waals surface area contributed by atoms with E-state index in [4.69, 9.17) is 14.6 Å². The summed E-state index contributed by atoms with van der Waals surface area (Å²) in [4.78, 5) is 23.8. The zero-order valence-electron chi connectivity index (χ0n) is 15.1. The fourth-order valence-electron chi connectivity index (χ4n) is 3.18. The average Bonchev–Trinajstić information content (AvgIpc) is 2.99. The van der Waals surface area contributed by atoms with E-state index in [9.17, 15) is 9.59 Å². The number of carboxylic acid groups (broad SMARTS) is 1. The Morgan fingerprint density at radius 3 is 2.48 bits per heavy atom. The molecule has 25 heavy (non-hydrogen) atoms. The molecule has 0 aromatic heterocycles. The molecule has 0 heterocycles. The molecule has 1 fully saturated rings. The number of benzene rings is 1. The number of hydrogen-bond acceptors (Lipinski definition) is 4. The minimum atomic E-state index is -0.891. The van der Waals surface area contributed by atoms with Gasteiger partial charge < -0.3 is 19.9 Å². The lowest BCUT2D eigenvalue weighted by Crippen LogP contribution is -2.47. The molecule has 1 aliphatic carbocycles. The van der Waals surface area contributed by atoms with E-state index in [0.29, 0.717) is 42.4 Å². The molecule has 2 N–H and O–H groups in total. The topological polar surface area (TPSA) is 84.9 Å². The van der Waals surface area contributed by atoms with E-state index in [-0.39, 0.29) is 12.3 Å². The standard InChI is InChI=1S/C19H27NO5/c1-13(2)12-25-15-7-6-14(10-16(15)24-3)18(23)20-19(11-17(21)22)8-4-5-9-19/h6-7,10,13H,4-5,8-9,11-12H2,1-3H3,(H,20,23)(H,21,22). The first kappa shape index (κ1) is 19.1. The molecule has 0 aliphatic heterocycles. The van der Waals surface area contributed by atoms with Crippen LogP contribution >= 0.6 is 0 Å². The molecule has 1 saturated carbocycles. The molecule has 6 heteroatoms. The van der Waals surface area contributed by atoms with Gasteiger partial charge in [0.1, 0.15) is 0 Å². The van der Waals surface area contributed by atoms with Crippen molar-refractivity contribution in [2.75, 3.05) is 13.7 Å². The second-order valence-electron chi connectivity index (χ2n) is 7.08. The van der Waals surface area contributed by atoms with Gasteiger partial charge in [-0.15, -0.1) is 0 Å². The second-order valence-corrected chi connectivity index (χ2v) is 7.08. The van der Waals surface area contributed by atoms with E-state index in [0.717, 1.165) is 12.8 Å². The van der Waals surface area contributed by atoms with Crippen molar-refractivity contribution in [3.8, 4) is 11.5 Å². The summed E-state index contributed by atoms with van der Waals surface area (Å²) in [6.07, 6.45) is 3.19. The highest BCUT2D eigenvalue weighted by atomic mass is 16.5. The second kappa shape index (κ2) is 8.23. The number of methoxy groups -OCH3 is 1. The van der Waals surface area contributed by atoms with Crippen LogP contribution in [0.25, 0.3) is 0 Å². The Morgan fingerprint density at radius 1 is 1.24 bits per heavy atom. The number of amides is 1. The Hall–Kier alpha value is -2.24. The molecule has 0 spiro atoms. The average molecular weight is 349 g/mol. The van der Waals surface area contributed by atoms with Gasteiger partial charge in [0, 0.05) is 5.56 Å². The highest BCUT2D eigenvalue weighted by Crippen LogP contribution is 2.34. The van der Waals surface area contributed by atoms with E-state index in [1.165, 1.54) is 7.11 Å². The number of rotatable bonds is 8. The van der Waals surface area contributed by atoms with Gasteiger partial charge >= 0.3 is 5.97 Å². The number of carbonyl (C=O) groups is 2. The Morgan fingerprint density at radius 2 is 1.92 bits per heavy atom. The monoisotopic (exact) mass is 349 g/mol. The van der Waals surface area contributed by atoms with Crippen LogP contribution in [0.5, 0.6) is 11.5 Å². The Balaban J connectivity index is 2.14. The van der Waals surface area contributed by atoms with Crippen LogP contribution in [0.3, 0.4) is 0 Å². The summed E-state index contributed by atoms with van der Waals surface area (Å²) in [5.41, 5.74) is -0.214. The van der Waals surface area contributed by atoms with Crippen molar-refractivity contribution in [2.24, 2.45) is 5.92 Å². The molecule has 1 aromatic carbocycles. The van der Waals surface area contributed by atoms with Gasteiger partial charge in [0.15, 0.2) is 11.5 Å². The molecular weight excluding hydrogens is 322 g/mol. The zero-order valence-corrected chi connectivity index (χ0v) is 15.1. The highest BCUT2D eigenvalue weighted by Gasteiger charge is 2.37. The number of ether oxygens (including phenoxy) is 2. The smallest absolute Gasteiger partial charge is 0.305 e. The summed E-state index contributed by atoms with van der Waals surface area (Å²) < 4.78 is 11.0. The summed E-state index contributed by atoms with van der Waals surface area (Å²) in [6.45, 7) is 4.67. The number of aliphatic carboxylic acids is 1. The van der Waals surface area contributed by atoms with Gasteiger partial charge in [-0.3, -0.25) is 9.59 Å². The largest absolute Gasteiger partial charge is 0.493 e. The molecule has 2 rings (SSSR count). The van der Waals surface area contributed by atoms with Crippen LogP contribution in [0.4, 0.5) is 0 Å². The van der Waals surface area contributed by atoms with Crippen LogP contribution < -0.4 is 14.8 Å². The van der Waals surface area contributed by atoms with Crippen LogP contribution in [0, 0.1) is 5.92 Å². The number of carboxylic acids is 1. The first-order chi connectivity index (χ1) is 11.8. The van der Waals surface area contributed by atoms with Crippen molar-refractivity contribution in [1.82, 2.24) is 5.32 Å². The maximum absolute atomic E-state index is 12.6. The summed E-state index contributed by atoms with van der Waals surface area (Å²) in [5.74, 6) is 0.292. The SMILES string of the molecule is COc1cc(C(=O)NC2(CC(=O)O)CCCC2)ccc1OCC(C)C. The molecule has 0 bridgehead atoms. The van der Waals surface area contributed by atoms with Crippen LogP contribution in [0.15, 0.2) is 18.2 Å². The van der Waals surface area contributed by atoms with E-state index in [1.54, 1.807) is 18.2 Å². The molecule has 138 valence electrons. The third kappa shape index (κ3) is 5.11. The van der Waals surface area contributed by atoms with Crippen LogP contribution in [-0.4, -0.2) is 36.2 Å². The summed E-state index contributed by atoms with van der Waals surface area (Å²) in [7, 11) is 1.53. The number of nitrogens with one attached hydrogen (secondary N) is 1. The van der Waals surface area contributed by atoms with Gasteiger partial charge in [0.2, 0.25) is 0 Å². The summed E-state index contributed by atoms with van der Waals surface area (Å²) >= 11 is 0. The van der Waals surface area contributed by atoms with Crippen molar-refractivity contribution >= 4 is 11.9 Å². The minimum absolute atomic E-state index is 0.0501. The lowest BCUT2D eigenvalue weighted by atomic mass is 9.92. The van der Waals surface area contributed by atoms with Gasteiger partial charge in [-0.2, -0.15) is 0 Å². The lowest BCUT2D eigenvalue weighted by molar-refractivity contribution is -0.138. The maximum atomic E-state index is 12.6.